The molecule has 0 spiro atoms. The standard InChI is InChI=1S/C86H105Cl2N9O27S/c1-8-9-10-11-12-23-117-58-20-15-42(27-59(58)118-24-13-14-25-125-41(5)99)37-91-86(6)36-64(119-40(4)77(86)108)123-76-74(107)73(106)62(38-98)122-85(76)124-75-60-31-46-32-61(75)121-57-22-18-45(30-51(57)88)72(105)70-83(114)95-68(84(115)116)49-33-47(100)34-55(102)65(49)48-28-43(16-19-54(48)101)66(80(111)97-70)94-81(112)67(46)93-79(110)53(35-63(89)103)92-82(113)69(96-78(109)52(90-7)26-39(2)3)71(104)44-17-21-56(120-60)50(87)29-44/h15-22,27-34,39-40,52-53,62,64,66-74,76-77,85,90-91,98,100-102,104-108H,8-14,23-26,35-38H2,1-7H3,(H2,89,103)(H,92,113)(H,93,110)(H,94,112)(H,95,114)(H,96,109)(H,97,111)(H,115,116)/t40-,52+,53-,62+,64-,66+,67+,68-,69+,70-,71+,72+,73+,74-,76+,77+,85-,86-/m0/s1. The Morgan fingerprint density at radius 1 is 0.680 bits per heavy atom. The number of aliphatic carboxylic acids is 1. The lowest BCUT2D eigenvalue weighted by Crippen LogP contribution is -2.65. The summed E-state index contributed by atoms with van der Waals surface area (Å²) in [5.41, 5.74) is 2.30. The zero-order valence-corrected chi connectivity index (χ0v) is 71.7. The number of rotatable bonds is 29. The van der Waals surface area contributed by atoms with Gasteiger partial charge in [0.05, 0.1) is 54.5 Å². The Hall–Kier alpha value is -10.4. The van der Waals surface area contributed by atoms with Crippen LogP contribution < -0.4 is 72.0 Å². The molecule has 13 rings (SSSR count). The van der Waals surface area contributed by atoms with Gasteiger partial charge in [-0.1, -0.05) is 106 Å². The van der Waals surface area contributed by atoms with Gasteiger partial charge in [-0.3, -0.25) is 38.4 Å². The number of aliphatic hydroxyl groups is 6. The van der Waals surface area contributed by atoms with E-state index in [1.807, 2.05) is 26.0 Å². The zero-order valence-electron chi connectivity index (χ0n) is 69.4. The molecule has 11 bridgehead atoms. The molecule has 0 saturated carbocycles. The van der Waals surface area contributed by atoms with E-state index in [2.05, 4.69) is 49.5 Å². The summed E-state index contributed by atoms with van der Waals surface area (Å²) < 4.78 is 52.3. The number of aliphatic hydroxyl groups excluding tert-OH is 6. The first-order valence-corrected chi connectivity index (χ1v) is 42.7. The number of carbonyl (C=O) groups excluding carboxylic acids is 8. The van der Waals surface area contributed by atoms with E-state index in [0.717, 1.165) is 105 Å². The third-order valence-electron chi connectivity index (χ3n) is 22.0. The van der Waals surface area contributed by atoms with Crippen molar-refractivity contribution in [3.63, 3.8) is 0 Å². The molecular weight excluding hydrogens is 1690 g/mol. The fraction of sp³-hybridized carbons (Fsp3) is 0.477. The number of carboxylic acid groups (broad SMARTS) is 1. The summed E-state index contributed by atoms with van der Waals surface area (Å²) in [4.78, 5) is 130. The Morgan fingerprint density at radius 2 is 1.31 bits per heavy atom. The lowest BCUT2D eigenvalue weighted by Gasteiger charge is -2.48. The lowest BCUT2D eigenvalue weighted by molar-refractivity contribution is -0.334. The highest BCUT2D eigenvalue weighted by molar-refractivity contribution is 8.13. The summed E-state index contributed by atoms with van der Waals surface area (Å²) in [5.74, 6) is -14.5. The number of phenols is 3. The first-order valence-electron chi connectivity index (χ1n) is 40.9. The minimum absolute atomic E-state index is 0.0130. The van der Waals surface area contributed by atoms with E-state index in [4.69, 9.17) is 66.8 Å². The minimum Gasteiger partial charge on any atom is -0.508 e. The average molecular weight is 1800 g/mol. The second-order valence-electron chi connectivity index (χ2n) is 31.9. The summed E-state index contributed by atoms with van der Waals surface area (Å²) in [6.45, 7) is 10.4. The molecule has 125 heavy (non-hydrogen) atoms. The molecule has 7 aliphatic rings. The Kier molecular flexibility index (Phi) is 32.2. The summed E-state index contributed by atoms with van der Waals surface area (Å²) >= 11 is 15.6. The van der Waals surface area contributed by atoms with E-state index in [1.165, 1.54) is 37.9 Å². The molecule has 7 heterocycles. The van der Waals surface area contributed by atoms with Crippen molar-refractivity contribution in [3.8, 4) is 68.6 Å². The maximum Gasteiger partial charge on any atom is 0.330 e. The molecule has 0 unspecified atom stereocenters. The highest BCUT2D eigenvalue weighted by atomic mass is 35.5. The van der Waals surface area contributed by atoms with Gasteiger partial charge in [-0.15, -0.1) is 0 Å². The fourth-order valence-corrected chi connectivity index (χ4v) is 16.4. The number of nitrogens with one attached hydrogen (secondary N) is 8. The van der Waals surface area contributed by atoms with Crippen LogP contribution in [0, 0.1) is 5.92 Å². The molecule has 20 N–H and O–H groups in total. The highest BCUT2D eigenvalue weighted by Crippen LogP contribution is 2.50. The predicted molar refractivity (Wildman–Crippen MR) is 451 cm³/mol. The number of nitrogens with two attached hydrogens (primary N) is 1. The van der Waals surface area contributed by atoms with Gasteiger partial charge in [0.1, 0.15) is 89.5 Å². The van der Waals surface area contributed by atoms with Gasteiger partial charge in [0.25, 0.3) is 0 Å². The van der Waals surface area contributed by atoms with Crippen molar-refractivity contribution in [2.75, 3.05) is 32.6 Å². The zero-order chi connectivity index (χ0) is 90.6. The molecule has 7 amide bonds. The Morgan fingerprint density at radius 3 is 1.94 bits per heavy atom. The van der Waals surface area contributed by atoms with Crippen molar-refractivity contribution in [3.05, 3.63) is 140 Å². The number of aromatic hydroxyl groups is 3. The molecule has 676 valence electrons. The number of thioether (sulfide) groups is 1. The van der Waals surface area contributed by atoms with Gasteiger partial charge >= 0.3 is 5.97 Å². The van der Waals surface area contributed by atoms with Crippen molar-refractivity contribution in [2.24, 2.45) is 11.7 Å². The number of primary amides is 1. The summed E-state index contributed by atoms with van der Waals surface area (Å²) in [5, 5.41) is 137. The molecule has 6 aromatic rings. The van der Waals surface area contributed by atoms with Crippen LogP contribution in [0.3, 0.4) is 0 Å². The van der Waals surface area contributed by atoms with E-state index < -0.39 is 237 Å². The molecule has 2 saturated heterocycles. The second kappa shape index (κ2) is 42.3. The summed E-state index contributed by atoms with van der Waals surface area (Å²) in [7, 11) is 1.48. The normalized spacial score (nSPS) is 26.0. The number of fused-ring (bicyclic) bond motifs is 15. The molecule has 0 aliphatic carbocycles. The van der Waals surface area contributed by atoms with E-state index in [9.17, 15) is 70.2 Å². The predicted octanol–water partition coefficient (Wildman–Crippen LogP) is 5.73. The number of carboxylic acids is 1. The Bertz CT molecular complexity index is 4960. The molecule has 18 atom stereocenters. The number of halogens is 2. The fourth-order valence-electron chi connectivity index (χ4n) is 15.3. The summed E-state index contributed by atoms with van der Waals surface area (Å²) in [6.07, 6.45) is -12.6. The maximum atomic E-state index is 16.3. The number of likely N-dealkylation sites (N-methyl/N-ethyl adjacent to an activating group) is 1. The molecule has 2 fully saturated rings. The number of hydrogen-bond donors (Lipinski definition) is 19. The number of hydrogen-bond acceptors (Lipinski definition) is 29. The molecule has 0 aromatic heterocycles. The van der Waals surface area contributed by atoms with Gasteiger partial charge in [0.15, 0.2) is 46.5 Å². The van der Waals surface area contributed by atoms with E-state index >= 15 is 24.0 Å². The SMILES string of the molecule is CCCCCCCOc1ccc(CN[C@@]2(C)C[C@H](O[C@H]3[C@H](Oc4c5cc6cc4Oc4ccc(cc4Cl)[C@@H](O)[C@@H](NC(=O)[C@@H](CC(C)C)NC)C(=O)N[C@@H](CC(N)=O)C(=O)N[C@H]6C(=O)N[C@H]4C(=O)N[C@H](C(=O)N[C@H](C(=O)O)c6cc(O)cc(O)c6-c6cc4ccc6O)[C@H](O)c4ccc(c(Cl)c4)O5)O[C@H](CO)[C@@H](O)[C@@H]3O)O[C@@H](C)[C@H]2O)cc1OCCCCSC(C)=O. The molecule has 36 nitrogen and oxygen atoms in total. The number of ether oxygens (including phenoxy) is 8. The Labute approximate surface area is 733 Å². The van der Waals surface area contributed by atoms with Crippen LogP contribution in [0.2, 0.25) is 10.0 Å². The number of carbonyl (C=O) groups is 9. The van der Waals surface area contributed by atoms with Crippen LogP contribution in [0.25, 0.3) is 11.1 Å². The number of amides is 7. The second-order valence-corrected chi connectivity index (χ2v) is 34.0. The minimum atomic E-state index is -2.38. The maximum absolute atomic E-state index is 16.3. The van der Waals surface area contributed by atoms with Crippen molar-refractivity contribution < 1.29 is 132 Å². The van der Waals surface area contributed by atoms with Crippen LogP contribution in [0.4, 0.5) is 0 Å². The van der Waals surface area contributed by atoms with Crippen molar-refractivity contribution in [1.29, 1.82) is 0 Å². The lowest BCUT2D eigenvalue weighted by atomic mass is 9.84. The monoisotopic (exact) mass is 1800 g/mol. The van der Waals surface area contributed by atoms with Gasteiger partial charge in [-0.25, -0.2) is 4.79 Å². The van der Waals surface area contributed by atoms with Gasteiger partial charge in [-0.2, -0.15) is 0 Å². The van der Waals surface area contributed by atoms with E-state index in [0.29, 0.717) is 42.4 Å². The van der Waals surface area contributed by atoms with Crippen molar-refractivity contribution >= 4 is 87.4 Å². The number of unbranched alkanes of at least 4 members (excludes halogenated alkanes) is 5. The molecular formula is C86H105Cl2N9O27S. The number of benzene rings is 6. The van der Waals surface area contributed by atoms with Crippen LogP contribution in [0.15, 0.2) is 97.1 Å². The van der Waals surface area contributed by atoms with Crippen LogP contribution in [-0.2, 0) is 63.9 Å². The first kappa shape index (κ1) is 95.3. The molecule has 7 aliphatic heterocycles. The average Bonchev–Trinajstić information content (AvgIpc) is 0.765. The van der Waals surface area contributed by atoms with E-state index in [-0.39, 0.29) is 57.9 Å². The smallest absolute Gasteiger partial charge is 0.330 e. The van der Waals surface area contributed by atoms with Crippen LogP contribution >= 0.6 is 35.0 Å². The van der Waals surface area contributed by atoms with Crippen molar-refractivity contribution in [2.45, 2.75) is 222 Å². The molecule has 39 heteroatoms. The van der Waals surface area contributed by atoms with Gasteiger partial charge < -0.3 is 137 Å². The van der Waals surface area contributed by atoms with Crippen LogP contribution in [0.5, 0.6) is 57.5 Å². The molecule has 6 aromatic carbocycles. The topological polar surface area (TPSA) is 552 Å². The summed E-state index contributed by atoms with van der Waals surface area (Å²) in [6, 6.07) is 4.72. The first-order chi connectivity index (χ1) is 59.5. The quantitative estimate of drug-likeness (QED) is 0.0249. The highest BCUT2D eigenvalue weighted by Gasteiger charge is 2.52. The number of phenolic OH excluding ortho intramolecular Hbond substituents is 3. The van der Waals surface area contributed by atoms with Crippen molar-refractivity contribution in [1.82, 2.24) is 42.5 Å². The van der Waals surface area contributed by atoms with Crippen LogP contribution in [-0.4, -0.2) is 215 Å². The van der Waals surface area contributed by atoms with Gasteiger partial charge in [0, 0.05) is 53.9 Å². The van der Waals surface area contributed by atoms with Crippen LogP contribution in [0.1, 0.15) is 169 Å². The third-order valence-corrected chi connectivity index (χ3v) is 23.5. The van der Waals surface area contributed by atoms with E-state index in [1.54, 1.807) is 19.9 Å². The van der Waals surface area contributed by atoms with Gasteiger partial charge in [-0.05, 0) is 147 Å². The van der Waals surface area contributed by atoms with Gasteiger partial charge in [0.2, 0.25) is 53.4 Å². The largest absolute Gasteiger partial charge is 0.508 e. The molecule has 0 radical (unpaired) electrons. The Balaban J connectivity index is 1.06. The third kappa shape index (κ3) is 23.1.